The van der Waals surface area contributed by atoms with Crippen molar-refractivity contribution in [2.24, 2.45) is 0 Å². The summed E-state index contributed by atoms with van der Waals surface area (Å²) in [6.45, 7) is 1.98. The van der Waals surface area contributed by atoms with E-state index >= 15 is 0 Å². The average Bonchev–Trinajstić information content (AvgIpc) is 2.52. The molecule has 0 aliphatic carbocycles. The molecule has 0 aliphatic heterocycles. The highest BCUT2D eigenvalue weighted by Crippen LogP contribution is 2.26. The number of carboxylic acid groups (broad SMARTS) is 1. The molecule has 0 aliphatic rings. The molecule has 2 aromatic rings. The number of aliphatic carboxylic acids is 1. The second-order valence-electron chi connectivity index (χ2n) is 4.71. The molecule has 0 amide bonds. The smallest absolute Gasteiger partial charge is 0.332 e. The predicted octanol–water partition coefficient (Wildman–Crippen LogP) is 5.21. The van der Waals surface area contributed by atoms with E-state index in [1.54, 1.807) is 5.41 Å². The summed E-state index contributed by atoms with van der Waals surface area (Å²) in [4.78, 5) is 12.1. The molecule has 0 heterocycles. The van der Waals surface area contributed by atoms with Gasteiger partial charge in [-0.15, -0.1) is 0 Å². The molecule has 0 bridgehead atoms. The third kappa shape index (κ3) is 4.50. The maximum absolute atomic E-state index is 11.1. The summed E-state index contributed by atoms with van der Waals surface area (Å²) in [5, 5.41) is 10.8. The third-order valence-corrected chi connectivity index (χ3v) is 4.04. The number of thioether (sulfide) groups is 1. The van der Waals surface area contributed by atoms with E-state index in [2.05, 4.69) is 24.3 Å². The molecular formula is C18H18O2S. The van der Waals surface area contributed by atoms with E-state index in [-0.39, 0.29) is 0 Å². The highest BCUT2D eigenvalue weighted by atomic mass is 32.2. The van der Waals surface area contributed by atoms with E-state index in [9.17, 15) is 4.79 Å². The summed E-state index contributed by atoms with van der Waals surface area (Å²) in [7, 11) is 0. The number of carbonyl (C=O) groups is 1. The van der Waals surface area contributed by atoms with Crippen LogP contribution in [0.15, 0.2) is 70.5 Å². The van der Waals surface area contributed by atoms with Crippen LogP contribution in [0.3, 0.4) is 0 Å². The lowest BCUT2D eigenvalue weighted by Gasteiger charge is -2.03. The second kappa shape index (κ2) is 7.70. The second-order valence-corrected chi connectivity index (χ2v) is 5.65. The summed E-state index contributed by atoms with van der Waals surface area (Å²) >= 11 is 1.46. The highest BCUT2D eigenvalue weighted by Gasteiger charge is 2.05. The van der Waals surface area contributed by atoms with Crippen LogP contribution >= 0.6 is 11.8 Å². The van der Waals surface area contributed by atoms with Crippen LogP contribution in [0, 0.1) is 0 Å². The van der Waals surface area contributed by atoms with Crippen molar-refractivity contribution in [2.45, 2.75) is 24.7 Å². The normalized spacial score (nSPS) is 11.4. The van der Waals surface area contributed by atoms with Crippen molar-refractivity contribution in [3.05, 3.63) is 65.6 Å². The van der Waals surface area contributed by atoms with Gasteiger partial charge in [0.2, 0.25) is 0 Å². The quantitative estimate of drug-likeness (QED) is 0.587. The summed E-state index contributed by atoms with van der Waals surface area (Å²) in [6.07, 6.45) is 1.44. The van der Waals surface area contributed by atoms with Crippen molar-refractivity contribution in [3.63, 3.8) is 0 Å². The molecular weight excluding hydrogens is 280 g/mol. The molecule has 0 aromatic heterocycles. The maximum atomic E-state index is 11.1. The van der Waals surface area contributed by atoms with Crippen molar-refractivity contribution < 1.29 is 9.90 Å². The number of rotatable bonds is 6. The Hall–Kier alpha value is -2.00. The van der Waals surface area contributed by atoms with Crippen molar-refractivity contribution in [1.82, 2.24) is 0 Å². The van der Waals surface area contributed by atoms with Crippen LogP contribution in [0.1, 0.15) is 19.8 Å². The van der Waals surface area contributed by atoms with Gasteiger partial charge in [0.25, 0.3) is 0 Å². The van der Waals surface area contributed by atoms with Gasteiger partial charge in [-0.1, -0.05) is 67.6 Å². The van der Waals surface area contributed by atoms with Gasteiger partial charge in [0.15, 0.2) is 0 Å². The van der Waals surface area contributed by atoms with Crippen molar-refractivity contribution >= 4 is 17.7 Å². The lowest BCUT2D eigenvalue weighted by molar-refractivity contribution is -0.132. The Labute approximate surface area is 129 Å². The number of carboxylic acids is 1. The van der Waals surface area contributed by atoms with E-state index in [0.717, 1.165) is 16.9 Å². The number of hydrogen-bond acceptors (Lipinski definition) is 2. The first-order valence-electron chi connectivity index (χ1n) is 6.95. The monoisotopic (exact) mass is 298 g/mol. The van der Waals surface area contributed by atoms with E-state index in [4.69, 9.17) is 5.11 Å². The fourth-order valence-corrected chi connectivity index (χ4v) is 2.77. The van der Waals surface area contributed by atoms with Crippen molar-refractivity contribution in [1.29, 1.82) is 0 Å². The fraction of sp³-hybridized carbons (Fsp3) is 0.167. The van der Waals surface area contributed by atoms with Crippen LogP contribution in [-0.2, 0) is 4.79 Å². The topological polar surface area (TPSA) is 37.3 Å². The molecule has 2 aromatic carbocycles. The van der Waals surface area contributed by atoms with Crippen LogP contribution in [0.2, 0.25) is 0 Å². The van der Waals surface area contributed by atoms with Crippen LogP contribution in [0.4, 0.5) is 0 Å². The zero-order valence-electron chi connectivity index (χ0n) is 12.0. The first-order chi connectivity index (χ1) is 10.2. The number of hydrogen-bond donors (Lipinski definition) is 1. The zero-order chi connectivity index (χ0) is 15.1. The molecule has 3 heteroatoms. The Balaban J connectivity index is 2.09. The molecule has 0 spiro atoms. The molecule has 0 radical (unpaired) electrons. The standard InChI is InChI=1S/C18H18O2S/c1-2-6-16(18(19)20)13-21-17-11-9-15(10-12-17)14-7-4-3-5-8-14/h3-5,7-13H,2,6H2,1H3,(H,19,20). The average molecular weight is 298 g/mol. The van der Waals surface area contributed by atoms with E-state index in [0.29, 0.717) is 12.0 Å². The van der Waals surface area contributed by atoms with Gasteiger partial charge in [-0.25, -0.2) is 4.79 Å². The van der Waals surface area contributed by atoms with Gasteiger partial charge in [-0.2, -0.15) is 0 Å². The zero-order valence-corrected chi connectivity index (χ0v) is 12.8. The molecule has 0 atom stereocenters. The molecule has 0 saturated heterocycles. The SMILES string of the molecule is CCCC(=CSc1ccc(-c2ccccc2)cc1)C(=O)O. The Morgan fingerprint density at radius 3 is 2.24 bits per heavy atom. The van der Waals surface area contributed by atoms with Crippen LogP contribution in [-0.4, -0.2) is 11.1 Å². The first-order valence-corrected chi connectivity index (χ1v) is 7.83. The summed E-state index contributed by atoms with van der Waals surface area (Å²) in [6, 6.07) is 18.4. The summed E-state index contributed by atoms with van der Waals surface area (Å²) < 4.78 is 0. The van der Waals surface area contributed by atoms with E-state index < -0.39 is 5.97 Å². The number of benzene rings is 2. The molecule has 108 valence electrons. The lowest BCUT2D eigenvalue weighted by atomic mass is 10.1. The fourth-order valence-electron chi connectivity index (χ4n) is 1.98. The molecule has 2 rings (SSSR count). The van der Waals surface area contributed by atoms with Gasteiger partial charge in [-0.05, 0) is 35.1 Å². The van der Waals surface area contributed by atoms with Crippen LogP contribution < -0.4 is 0 Å². The van der Waals surface area contributed by atoms with Gasteiger partial charge in [-0.3, -0.25) is 0 Å². The van der Waals surface area contributed by atoms with Gasteiger partial charge in [0, 0.05) is 10.5 Å². The van der Waals surface area contributed by atoms with Crippen molar-refractivity contribution in [2.75, 3.05) is 0 Å². The van der Waals surface area contributed by atoms with Crippen LogP contribution in [0.5, 0.6) is 0 Å². The van der Waals surface area contributed by atoms with E-state index in [1.165, 1.54) is 17.3 Å². The Bertz CT molecular complexity index is 615. The molecule has 2 nitrogen and oxygen atoms in total. The van der Waals surface area contributed by atoms with E-state index in [1.807, 2.05) is 37.3 Å². The minimum absolute atomic E-state index is 0.467. The largest absolute Gasteiger partial charge is 0.478 e. The highest BCUT2D eigenvalue weighted by molar-refractivity contribution is 8.02. The molecule has 0 fully saturated rings. The first kappa shape index (κ1) is 15.4. The van der Waals surface area contributed by atoms with Gasteiger partial charge in [0.05, 0.1) is 0 Å². The molecule has 0 unspecified atom stereocenters. The Morgan fingerprint density at radius 2 is 1.67 bits per heavy atom. The summed E-state index contributed by atoms with van der Waals surface area (Å²) in [5.74, 6) is -0.828. The predicted molar refractivity (Wildman–Crippen MR) is 88.4 cm³/mol. The molecule has 1 N–H and O–H groups in total. The Kier molecular flexibility index (Phi) is 5.64. The van der Waals surface area contributed by atoms with Gasteiger partial charge < -0.3 is 5.11 Å². The third-order valence-electron chi connectivity index (χ3n) is 3.09. The van der Waals surface area contributed by atoms with Gasteiger partial charge >= 0.3 is 5.97 Å². The maximum Gasteiger partial charge on any atom is 0.332 e. The lowest BCUT2D eigenvalue weighted by Crippen LogP contribution is -1.99. The minimum atomic E-state index is -0.828. The van der Waals surface area contributed by atoms with Crippen LogP contribution in [0.25, 0.3) is 11.1 Å². The molecule has 21 heavy (non-hydrogen) atoms. The van der Waals surface area contributed by atoms with Crippen molar-refractivity contribution in [3.8, 4) is 11.1 Å². The minimum Gasteiger partial charge on any atom is -0.478 e. The van der Waals surface area contributed by atoms with Gasteiger partial charge in [0.1, 0.15) is 0 Å². The molecule has 0 saturated carbocycles. The Morgan fingerprint density at radius 1 is 1.05 bits per heavy atom. The summed E-state index contributed by atoms with van der Waals surface area (Å²) in [5.41, 5.74) is 2.81.